The summed E-state index contributed by atoms with van der Waals surface area (Å²) < 4.78 is 0. The molecule has 2 heterocycles. The van der Waals surface area contributed by atoms with E-state index in [0.717, 1.165) is 55.6 Å². The van der Waals surface area contributed by atoms with E-state index in [1.54, 1.807) is 0 Å². The maximum atomic E-state index is 6.76. The van der Waals surface area contributed by atoms with Gasteiger partial charge in [0.15, 0.2) is 34.9 Å². The van der Waals surface area contributed by atoms with E-state index < -0.39 is 0 Å². The van der Waals surface area contributed by atoms with Gasteiger partial charge in [-0.2, -0.15) is 0 Å². The summed E-state index contributed by atoms with van der Waals surface area (Å²) in [4.78, 5) is 29.9. The number of aromatic nitrogens is 6. The molecule has 0 saturated heterocycles. The van der Waals surface area contributed by atoms with Crippen LogP contribution in [0.1, 0.15) is 0 Å². The zero-order valence-electron chi connectivity index (χ0n) is 29.5. The Bertz CT molecular complexity index is 2640. The van der Waals surface area contributed by atoms with Crippen LogP contribution in [0.4, 0.5) is 0 Å². The monoisotopic (exact) mass is 726 g/mol. The molecule has 55 heavy (non-hydrogen) atoms. The average molecular weight is 727 g/mol. The Morgan fingerprint density at radius 1 is 0.236 bits per heavy atom. The summed E-state index contributed by atoms with van der Waals surface area (Å²) in [6, 6.07) is 62.4. The van der Waals surface area contributed by atoms with E-state index in [1.807, 2.05) is 158 Å². The third kappa shape index (κ3) is 7.14. The van der Waals surface area contributed by atoms with Crippen LogP contribution in [0.15, 0.2) is 188 Å². The molecule has 0 amide bonds. The average Bonchev–Trinajstić information content (AvgIpc) is 3.27. The Hall–Kier alpha value is -7.15. The van der Waals surface area contributed by atoms with Crippen LogP contribution in [-0.4, -0.2) is 29.9 Å². The van der Waals surface area contributed by atoms with Crippen molar-refractivity contribution in [2.45, 2.75) is 0 Å². The first kappa shape index (κ1) is 33.7. The van der Waals surface area contributed by atoms with Crippen molar-refractivity contribution >= 4 is 11.6 Å². The van der Waals surface area contributed by atoms with E-state index in [2.05, 4.69) is 30.3 Å². The van der Waals surface area contributed by atoms with E-state index in [1.165, 1.54) is 0 Å². The molecule has 0 radical (unpaired) electrons. The van der Waals surface area contributed by atoms with E-state index in [-0.39, 0.29) is 0 Å². The van der Waals surface area contributed by atoms with Gasteiger partial charge in [0, 0.05) is 38.4 Å². The third-order valence-electron chi connectivity index (χ3n) is 9.27. The fourth-order valence-corrected chi connectivity index (χ4v) is 6.77. The zero-order chi connectivity index (χ0) is 37.0. The quantitative estimate of drug-likeness (QED) is 0.155. The number of benzene rings is 7. The second-order valence-electron chi connectivity index (χ2n) is 12.9. The Morgan fingerprint density at radius 2 is 0.582 bits per heavy atom. The largest absolute Gasteiger partial charge is 0.208 e. The first-order valence-electron chi connectivity index (χ1n) is 17.9. The summed E-state index contributed by atoms with van der Waals surface area (Å²) in [5.74, 6) is 3.56. The predicted octanol–water partition coefficient (Wildman–Crippen LogP) is 12.0. The molecule has 9 rings (SSSR count). The number of hydrogen-bond donors (Lipinski definition) is 0. The van der Waals surface area contributed by atoms with Crippen LogP contribution in [-0.2, 0) is 0 Å². The zero-order valence-corrected chi connectivity index (χ0v) is 30.2. The molecule has 9 aromatic rings. The normalized spacial score (nSPS) is 11.0. The van der Waals surface area contributed by atoms with Crippen molar-refractivity contribution in [3.8, 4) is 90.6 Å². The molecule has 0 saturated carbocycles. The minimum Gasteiger partial charge on any atom is -0.208 e. The van der Waals surface area contributed by atoms with Gasteiger partial charge in [-0.15, -0.1) is 0 Å². The number of rotatable bonds is 8. The molecule has 0 fully saturated rings. The second-order valence-corrected chi connectivity index (χ2v) is 13.3. The topological polar surface area (TPSA) is 77.3 Å². The Balaban J connectivity index is 1.18. The van der Waals surface area contributed by atoms with Crippen molar-refractivity contribution in [2.75, 3.05) is 0 Å². The van der Waals surface area contributed by atoms with Crippen LogP contribution in [0.5, 0.6) is 0 Å². The van der Waals surface area contributed by atoms with Crippen molar-refractivity contribution in [3.05, 3.63) is 193 Å². The Labute approximate surface area is 324 Å². The van der Waals surface area contributed by atoms with Gasteiger partial charge >= 0.3 is 0 Å². The van der Waals surface area contributed by atoms with Crippen molar-refractivity contribution in [1.29, 1.82) is 0 Å². The molecule has 0 atom stereocenters. The molecular formula is C48H31ClN6. The molecule has 7 aromatic carbocycles. The minimum atomic E-state index is 0.574. The number of halogens is 1. The number of hydrogen-bond acceptors (Lipinski definition) is 6. The third-order valence-corrected chi connectivity index (χ3v) is 9.51. The van der Waals surface area contributed by atoms with Gasteiger partial charge in [0.05, 0.1) is 0 Å². The first-order chi connectivity index (χ1) is 27.2. The van der Waals surface area contributed by atoms with Gasteiger partial charge in [0.2, 0.25) is 0 Å². The molecule has 0 N–H and O–H groups in total. The van der Waals surface area contributed by atoms with Crippen LogP contribution in [0.25, 0.3) is 90.6 Å². The molecule has 0 aliphatic heterocycles. The van der Waals surface area contributed by atoms with Gasteiger partial charge in [-0.05, 0) is 40.5 Å². The summed E-state index contributed by atoms with van der Waals surface area (Å²) in [5, 5.41) is 0.623. The van der Waals surface area contributed by atoms with E-state index in [0.29, 0.717) is 40.0 Å². The number of nitrogens with zero attached hydrogens (tertiary/aromatic N) is 6. The molecule has 0 aliphatic rings. The smallest absolute Gasteiger partial charge is 0.164 e. The van der Waals surface area contributed by atoms with Gasteiger partial charge in [-0.1, -0.05) is 181 Å². The molecule has 7 heteroatoms. The maximum Gasteiger partial charge on any atom is 0.164 e. The Morgan fingerprint density at radius 3 is 1.05 bits per heavy atom. The molecular weight excluding hydrogens is 696 g/mol. The highest BCUT2D eigenvalue weighted by Crippen LogP contribution is 2.40. The van der Waals surface area contributed by atoms with E-state index in [4.69, 9.17) is 41.5 Å². The van der Waals surface area contributed by atoms with Crippen molar-refractivity contribution in [3.63, 3.8) is 0 Å². The van der Waals surface area contributed by atoms with Crippen LogP contribution in [0, 0.1) is 0 Å². The van der Waals surface area contributed by atoms with Crippen LogP contribution in [0.3, 0.4) is 0 Å². The molecule has 0 unspecified atom stereocenters. The first-order valence-corrected chi connectivity index (χ1v) is 18.3. The minimum absolute atomic E-state index is 0.574. The fraction of sp³-hybridized carbons (Fsp3) is 0. The lowest BCUT2D eigenvalue weighted by Crippen LogP contribution is -2.01. The lowest BCUT2D eigenvalue weighted by molar-refractivity contribution is 1.07. The SMILES string of the molecule is Clc1ccc(-c2ccccc2-c2nc(-c3ccccc3)nc(-c3ccccc3)n2)c(-c2cccc(-c3nc(-c4ccccc4)nc(-c4ccccc4)n3)c2)c1. The van der Waals surface area contributed by atoms with Gasteiger partial charge in [0.1, 0.15) is 0 Å². The summed E-state index contributed by atoms with van der Waals surface area (Å²) in [6.45, 7) is 0. The van der Waals surface area contributed by atoms with Crippen molar-refractivity contribution in [2.24, 2.45) is 0 Å². The second kappa shape index (κ2) is 15.1. The highest BCUT2D eigenvalue weighted by atomic mass is 35.5. The van der Waals surface area contributed by atoms with Gasteiger partial charge in [0.25, 0.3) is 0 Å². The summed E-state index contributed by atoms with van der Waals surface area (Å²) in [6.07, 6.45) is 0. The van der Waals surface area contributed by atoms with Crippen molar-refractivity contribution < 1.29 is 0 Å². The highest BCUT2D eigenvalue weighted by Gasteiger charge is 2.19. The molecule has 6 nitrogen and oxygen atoms in total. The van der Waals surface area contributed by atoms with Crippen LogP contribution >= 0.6 is 11.6 Å². The fourth-order valence-electron chi connectivity index (χ4n) is 6.60. The van der Waals surface area contributed by atoms with Gasteiger partial charge in [-0.3, -0.25) is 0 Å². The summed E-state index contributed by atoms with van der Waals surface area (Å²) in [5.41, 5.74) is 9.22. The molecule has 0 spiro atoms. The van der Waals surface area contributed by atoms with Crippen molar-refractivity contribution in [1.82, 2.24) is 29.9 Å². The van der Waals surface area contributed by atoms with E-state index in [9.17, 15) is 0 Å². The molecule has 260 valence electrons. The highest BCUT2D eigenvalue weighted by molar-refractivity contribution is 6.31. The molecule has 0 aliphatic carbocycles. The maximum absolute atomic E-state index is 6.76. The summed E-state index contributed by atoms with van der Waals surface area (Å²) >= 11 is 6.76. The van der Waals surface area contributed by atoms with Gasteiger partial charge in [-0.25, -0.2) is 29.9 Å². The standard InChI is InChI=1S/C48H31ClN6/c49-38-28-29-40(39-26-13-14-27-41(39)48-54-45(34-20-9-3-10-21-34)51-46(55-48)35-22-11-4-12-23-35)42(31-38)36-24-15-25-37(30-36)47-52-43(32-16-5-1-6-17-32)50-44(53-47)33-18-7-2-8-19-33/h1-31H. The molecule has 0 bridgehead atoms. The lowest BCUT2D eigenvalue weighted by atomic mass is 9.91. The Kier molecular flexibility index (Phi) is 9.22. The van der Waals surface area contributed by atoms with Crippen LogP contribution in [0.2, 0.25) is 5.02 Å². The van der Waals surface area contributed by atoms with Crippen LogP contribution < -0.4 is 0 Å². The molecule has 2 aromatic heterocycles. The lowest BCUT2D eigenvalue weighted by Gasteiger charge is -2.16. The summed E-state index contributed by atoms with van der Waals surface area (Å²) in [7, 11) is 0. The predicted molar refractivity (Wildman–Crippen MR) is 222 cm³/mol. The van der Waals surface area contributed by atoms with Gasteiger partial charge < -0.3 is 0 Å². The van der Waals surface area contributed by atoms with E-state index >= 15 is 0 Å².